The van der Waals surface area contributed by atoms with Crippen molar-refractivity contribution >= 4 is 17.8 Å². The molecule has 0 aromatic carbocycles. The Hall–Kier alpha value is -0.380. The summed E-state index contributed by atoms with van der Waals surface area (Å²) < 4.78 is 0. The van der Waals surface area contributed by atoms with Crippen LogP contribution in [0.3, 0.4) is 0 Å². The minimum Gasteiger partial charge on any atom is -0.341 e. The van der Waals surface area contributed by atoms with E-state index in [1.165, 1.54) is 12.8 Å². The molecule has 70 valence electrons. The highest BCUT2D eigenvalue weighted by molar-refractivity contribution is 7.99. The normalized spacial score (nSPS) is 28.5. The van der Waals surface area contributed by atoms with Crippen molar-refractivity contribution in [2.75, 3.05) is 13.3 Å². The lowest BCUT2D eigenvalue weighted by Crippen LogP contribution is -2.43. The molecule has 0 aromatic heterocycles. The van der Waals surface area contributed by atoms with Crippen molar-refractivity contribution in [3.05, 3.63) is 0 Å². The van der Waals surface area contributed by atoms with Gasteiger partial charge in [-0.3, -0.25) is 0 Å². The highest BCUT2D eigenvalue weighted by Crippen LogP contribution is 2.28. The van der Waals surface area contributed by atoms with Crippen molar-refractivity contribution < 1.29 is 4.79 Å². The molecule has 2 amide bonds. The van der Waals surface area contributed by atoms with Gasteiger partial charge in [0.15, 0.2) is 0 Å². The van der Waals surface area contributed by atoms with Gasteiger partial charge in [-0.05, 0) is 19.1 Å². The van der Waals surface area contributed by atoms with Gasteiger partial charge in [-0.2, -0.15) is 11.8 Å². The molecule has 0 heterocycles. The van der Waals surface area contributed by atoms with Gasteiger partial charge in [0.25, 0.3) is 0 Å². The summed E-state index contributed by atoms with van der Waals surface area (Å²) in [5, 5.41) is 6.15. The standard InChI is InChI=1S/C8H16N2OS/c1-9-8(11)10-6-4-3-5-7(6)12-2/h6-7H,3-5H2,1-2H3,(H2,9,10,11). The number of amides is 2. The van der Waals surface area contributed by atoms with Crippen LogP contribution in [0.4, 0.5) is 4.79 Å². The van der Waals surface area contributed by atoms with Crippen molar-refractivity contribution in [3.63, 3.8) is 0 Å². The van der Waals surface area contributed by atoms with E-state index in [0.29, 0.717) is 11.3 Å². The minimum absolute atomic E-state index is 0.0547. The summed E-state index contributed by atoms with van der Waals surface area (Å²) >= 11 is 1.85. The maximum atomic E-state index is 11.0. The molecular formula is C8H16N2OS. The van der Waals surface area contributed by atoms with Gasteiger partial charge < -0.3 is 10.6 Å². The van der Waals surface area contributed by atoms with Crippen LogP contribution in [0.25, 0.3) is 0 Å². The third-order valence-corrected chi connectivity index (χ3v) is 3.47. The average molecular weight is 188 g/mol. The molecule has 1 rings (SSSR count). The number of hydrogen-bond acceptors (Lipinski definition) is 2. The molecule has 0 aliphatic heterocycles. The van der Waals surface area contributed by atoms with Gasteiger partial charge in [0, 0.05) is 18.3 Å². The number of rotatable bonds is 2. The Balaban J connectivity index is 2.35. The van der Waals surface area contributed by atoms with Crippen molar-refractivity contribution in [2.45, 2.75) is 30.6 Å². The van der Waals surface area contributed by atoms with Crippen LogP contribution in [0.2, 0.25) is 0 Å². The summed E-state index contributed by atoms with van der Waals surface area (Å²) in [6.07, 6.45) is 5.70. The molecule has 2 atom stereocenters. The van der Waals surface area contributed by atoms with E-state index in [-0.39, 0.29) is 6.03 Å². The number of urea groups is 1. The molecule has 4 heteroatoms. The predicted molar refractivity (Wildman–Crippen MR) is 52.5 cm³/mol. The number of nitrogens with one attached hydrogen (secondary N) is 2. The lowest BCUT2D eigenvalue weighted by Gasteiger charge is -2.18. The second kappa shape index (κ2) is 4.60. The Bertz CT molecular complexity index is 163. The summed E-state index contributed by atoms with van der Waals surface area (Å²) in [4.78, 5) is 11.0. The molecule has 1 aliphatic carbocycles. The van der Waals surface area contributed by atoms with Crippen molar-refractivity contribution in [1.82, 2.24) is 10.6 Å². The Morgan fingerprint density at radius 1 is 1.50 bits per heavy atom. The van der Waals surface area contributed by atoms with E-state index in [0.717, 1.165) is 6.42 Å². The maximum Gasteiger partial charge on any atom is 0.314 e. The third-order valence-electron chi connectivity index (χ3n) is 2.30. The Morgan fingerprint density at radius 2 is 2.25 bits per heavy atom. The SMILES string of the molecule is CNC(=O)NC1CCCC1SC. The van der Waals surface area contributed by atoms with E-state index >= 15 is 0 Å². The zero-order valence-electron chi connectivity index (χ0n) is 7.59. The van der Waals surface area contributed by atoms with E-state index in [4.69, 9.17) is 0 Å². The molecule has 1 aliphatic rings. The van der Waals surface area contributed by atoms with Crippen molar-refractivity contribution in [1.29, 1.82) is 0 Å². The molecular weight excluding hydrogens is 172 g/mol. The smallest absolute Gasteiger partial charge is 0.314 e. The number of carbonyl (C=O) groups is 1. The zero-order valence-corrected chi connectivity index (χ0v) is 8.41. The topological polar surface area (TPSA) is 41.1 Å². The van der Waals surface area contributed by atoms with Crippen LogP contribution in [0.5, 0.6) is 0 Å². The molecule has 1 saturated carbocycles. The van der Waals surface area contributed by atoms with E-state index < -0.39 is 0 Å². The molecule has 0 spiro atoms. The molecule has 1 fully saturated rings. The maximum absolute atomic E-state index is 11.0. The lowest BCUT2D eigenvalue weighted by molar-refractivity contribution is 0.239. The van der Waals surface area contributed by atoms with Crippen LogP contribution in [0.1, 0.15) is 19.3 Å². The fourth-order valence-corrected chi connectivity index (χ4v) is 2.55. The second-order valence-electron chi connectivity index (χ2n) is 3.04. The Kier molecular flexibility index (Phi) is 3.72. The van der Waals surface area contributed by atoms with Crippen LogP contribution >= 0.6 is 11.8 Å². The van der Waals surface area contributed by atoms with Gasteiger partial charge >= 0.3 is 6.03 Å². The van der Waals surface area contributed by atoms with Gasteiger partial charge in [-0.25, -0.2) is 4.79 Å². The van der Waals surface area contributed by atoms with Crippen molar-refractivity contribution in [3.8, 4) is 0 Å². The van der Waals surface area contributed by atoms with Crippen LogP contribution in [-0.4, -0.2) is 30.6 Å². The first-order chi connectivity index (χ1) is 5.77. The number of carbonyl (C=O) groups excluding carboxylic acids is 1. The van der Waals surface area contributed by atoms with Gasteiger partial charge in [-0.1, -0.05) is 6.42 Å². The summed E-state index contributed by atoms with van der Waals surface area (Å²) in [7, 11) is 1.65. The summed E-state index contributed by atoms with van der Waals surface area (Å²) in [5.41, 5.74) is 0. The summed E-state index contributed by atoms with van der Waals surface area (Å²) in [6, 6.07) is 0.320. The molecule has 2 N–H and O–H groups in total. The van der Waals surface area contributed by atoms with Gasteiger partial charge in [-0.15, -0.1) is 0 Å². The molecule has 0 aromatic rings. The summed E-state index contributed by atoms with van der Waals surface area (Å²) in [6.45, 7) is 0. The first-order valence-electron chi connectivity index (χ1n) is 4.29. The monoisotopic (exact) mass is 188 g/mol. The number of thioether (sulfide) groups is 1. The average Bonchev–Trinajstić information content (AvgIpc) is 2.51. The van der Waals surface area contributed by atoms with E-state index in [9.17, 15) is 4.79 Å². The van der Waals surface area contributed by atoms with Gasteiger partial charge in [0.2, 0.25) is 0 Å². The molecule has 12 heavy (non-hydrogen) atoms. The minimum atomic E-state index is -0.0547. The lowest BCUT2D eigenvalue weighted by atomic mass is 10.2. The molecule has 0 saturated heterocycles. The van der Waals surface area contributed by atoms with E-state index in [1.54, 1.807) is 7.05 Å². The third kappa shape index (κ3) is 2.30. The van der Waals surface area contributed by atoms with E-state index in [2.05, 4.69) is 16.9 Å². The fourth-order valence-electron chi connectivity index (χ4n) is 1.61. The highest BCUT2D eigenvalue weighted by Gasteiger charge is 2.27. The van der Waals surface area contributed by atoms with E-state index in [1.807, 2.05) is 11.8 Å². The van der Waals surface area contributed by atoms with Crippen LogP contribution < -0.4 is 10.6 Å². The largest absolute Gasteiger partial charge is 0.341 e. The van der Waals surface area contributed by atoms with Gasteiger partial charge in [0.1, 0.15) is 0 Å². The first kappa shape index (κ1) is 9.71. The first-order valence-corrected chi connectivity index (χ1v) is 5.57. The molecule has 0 bridgehead atoms. The molecule has 3 nitrogen and oxygen atoms in total. The predicted octanol–water partition coefficient (Wildman–Crippen LogP) is 1.20. The molecule has 0 radical (unpaired) electrons. The Morgan fingerprint density at radius 3 is 2.83 bits per heavy atom. The zero-order chi connectivity index (χ0) is 8.97. The van der Waals surface area contributed by atoms with Crippen LogP contribution in [-0.2, 0) is 0 Å². The summed E-state index contributed by atoms with van der Waals surface area (Å²) in [5.74, 6) is 0. The molecule has 2 unspecified atom stereocenters. The Labute approximate surface area is 77.7 Å². The highest BCUT2D eigenvalue weighted by atomic mass is 32.2. The van der Waals surface area contributed by atoms with Gasteiger partial charge in [0.05, 0.1) is 0 Å². The van der Waals surface area contributed by atoms with Crippen molar-refractivity contribution in [2.24, 2.45) is 0 Å². The number of hydrogen-bond donors (Lipinski definition) is 2. The fraction of sp³-hybridized carbons (Fsp3) is 0.875. The van der Waals surface area contributed by atoms with Crippen LogP contribution in [0.15, 0.2) is 0 Å². The van der Waals surface area contributed by atoms with Crippen LogP contribution in [0, 0.1) is 0 Å². The quantitative estimate of drug-likeness (QED) is 0.683. The second-order valence-corrected chi connectivity index (χ2v) is 4.11.